The van der Waals surface area contributed by atoms with Crippen molar-refractivity contribution in [2.75, 3.05) is 45.9 Å². The molecule has 0 spiro atoms. The fourth-order valence-corrected chi connectivity index (χ4v) is 4.18. The Kier molecular flexibility index (Phi) is 7.53. The van der Waals surface area contributed by atoms with Crippen LogP contribution in [0.2, 0.25) is 0 Å². The summed E-state index contributed by atoms with van der Waals surface area (Å²) in [4.78, 5) is 48.4. The summed E-state index contributed by atoms with van der Waals surface area (Å²) in [6.07, 6.45) is 1.42. The van der Waals surface area contributed by atoms with Gasteiger partial charge in [-0.05, 0) is 30.5 Å². The minimum Gasteiger partial charge on any atom is -0.501 e. The van der Waals surface area contributed by atoms with Crippen molar-refractivity contribution in [1.29, 1.82) is 0 Å². The van der Waals surface area contributed by atoms with Crippen LogP contribution in [0.1, 0.15) is 40.6 Å². The van der Waals surface area contributed by atoms with Gasteiger partial charge < -0.3 is 25.0 Å². The third kappa shape index (κ3) is 5.78. The number of aromatic hydroxyl groups is 1. The largest absolute Gasteiger partial charge is 0.501 e. The summed E-state index contributed by atoms with van der Waals surface area (Å²) in [5, 5.41) is 12.7. The molecule has 34 heavy (non-hydrogen) atoms. The summed E-state index contributed by atoms with van der Waals surface area (Å²) in [5.74, 6) is -1.87. The standard InChI is InChI=1S/C23H28FN5O5/c24-17-5-3-15(4-6-17)12-25-22(32)19-20(31)23(33)27-21(26-19)16-2-1-7-29(13-16)18(30)14-28-8-10-34-11-9-28/h3-6,16,31H,1-2,7-14H2,(H,25,32)(H,26,27,33). The summed E-state index contributed by atoms with van der Waals surface area (Å²) in [7, 11) is 0. The number of carbonyl (C=O) groups excluding carboxylic acids is 2. The SMILES string of the molecule is O=C(NCc1ccc(F)cc1)c1nc(C2CCCN(C(=O)CN3CCOCC3)C2)[nH]c(=O)c1O. The molecule has 0 saturated carbocycles. The number of piperidine rings is 1. The number of morpholine rings is 1. The van der Waals surface area contributed by atoms with E-state index in [1.54, 1.807) is 4.90 Å². The number of hydrogen-bond donors (Lipinski definition) is 3. The van der Waals surface area contributed by atoms with Crippen molar-refractivity contribution in [1.82, 2.24) is 25.1 Å². The first-order valence-corrected chi connectivity index (χ1v) is 11.3. The Morgan fingerprint density at radius 1 is 1.21 bits per heavy atom. The number of H-pyrrole nitrogens is 1. The first-order valence-electron chi connectivity index (χ1n) is 11.3. The summed E-state index contributed by atoms with van der Waals surface area (Å²) in [6.45, 7) is 4.03. The molecule has 2 amide bonds. The molecule has 1 atom stereocenters. The van der Waals surface area contributed by atoms with Crippen LogP contribution in [0, 0.1) is 5.82 Å². The van der Waals surface area contributed by atoms with E-state index < -0.39 is 23.0 Å². The molecule has 0 aliphatic carbocycles. The minimum atomic E-state index is -0.811. The lowest BCUT2D eigenvalue weighted by Gasteiger charge is -2.34. The Morgan fingerprint density at radius 2 is 1.94 bits per heavy atom. The number of aromatic nitrogens is 2. The van der Waals surface area contributed by atoms with Gasteiger partial charge in [0.15, 0.2) is 5.69 Å². The number of nitrogens with zero attached hydrogens (tertiary/aromatic N) is 3. The molecular formula is C23H28FN5O5. The number of nitrogens with one attached hydrogen (secondary N) is 2. The molecule has 11 heteroatoms. The molecule has 182 valence electrons. The van der Waals surface area contributed by atoms with Crippen molar-refractivity contribution in [3.63, 3.8) is 0 Å². The lowest BCUT2D eigenvalue weighted by molar-refractivity contribution is -0.134. The van der Waals surface area contributed by atoms with Crippen LogP contribution in [0.3, 0.4) is 0 Å². The number of halogens is 1. The predicted molar refractivity (Wildman–Crippen MR) is 120 cm³/mol. The number of aromatic amines is 1. The van der Waals surface area contributed by atoms with E-state index in [1.165, 1.54) is 24.3 Å². The first kappa shape index (κ1) is 23.8. The number of likely N-dealkylation sites (tertiary alicyclic amines) is 1. The first-order chi connectivity index (χ1) is 16.4. The van der Waals surface area contributed by atoms with Crippen LogP contribution in [-0.2, 0) is 16.1 Å². The Hall–Kier alpha value is -3.31. The Labute approximate surface area is 195 Å². The van der Waals surface area contributed by atoms with Crippen molar-refractivity contribution >= 4 is 11.8 Å². The number of carbonyl (C=O) groups is 2. The van der Waals surface area contributed by atoms with Gasteiger partial charge in [-0.2, -0.15) is 0 Å². The second kappa shape index (κ2) is 10.7. The fraction of sp³-hybridized carbons (Fsp3) is 0.478. The highest BCUT2D eigenvalue weighted by Gasteiger charge is 2.29. The highest BCUT2D eigenvalue weighted by atomic mass is 19.1. The summed E-state index contributed by atoms with van der Waals surface area (Å²) >= 11 is 0. The van der Waals surface area contributed by atoms with Crippen LogP contribution >= 0.6 is 0 Å². The molecule has 1 aromatic carbocycles. The van der Waals surface area contributed by atoms with Crippen LogP contribution in [0.5, 0.6) is 5.75 Å². The Balaban J connectivity index is 1.43. The maximum atomic E-state index is 13.1. The second-order valence-corrected chi connectivity index (χ2v) is 8.52. The van der Waals surface area contributed by atoms with Gasteiger partial charge in [-0.15, -0.1) is 0 Å². The van der Waals surface area contributed by atoms with E-state index in [-0.39, 0.29) is 29.9 Å². The molecule has 2 aliphatic heterocycles. The molecule has 4 rings (SSSR count). The van der Waals surface area contributed by atoms with Crippen LogP contribution in [-0.4, -0.2) is 82.6 Å². The number of rotatable bonds is 6. The molecule has 2 aliphatic rings. The van der Waals surface area contributed by atoms with Gasteiger partial charge in [0, 0.05) is 38.6 Å². The van der Waals surface area contributed by atoms with Crippen LogP contribution in [0.4, 0.5) is 4.39 Å². The van der Waals surface area contributed by atoms with E-state index in [2.05, 4.69) is 20.2 Å². The fourth-order valence-electron chi connectivity index (χ4n) is 4.18. The Morgan fingerprint density at radius 3 is 2.68 bits per heavy atom. The molecule has 2 saturated heterocycles. The molecule has 10 nitrogen and oxygen atoms in total. The van der Waals surface area contributed by atoms with Crippen LogP contribution in [0.25, 0.3) is 0 Å². The number of ether oxygens (including phenoxy) is 1. The van der Waals surface area contributed by atoms with Gasteiger partial charge in [0.05, 0.1) is 19.8 Å². The Bertz CT molecular complexity index is 1080. The highest BCUT2D eigenvalue weighted by molar-refractivity contribution is 5.94. The van der Waals surface area contributed by atoms with E-state index in [4.69, 9.17) is 4.74 Å². The zero-order chi connectivity index (χ0) is 24.1. The third-order valence-electron chi connectivity index (χ3n) is 6.12. The number of hydrogen-bond acceptors (Lipinski definition) is 7. The lowest BCUT2D eigenvalue weighted by Crippen LogP contribution is -2.47. The molecule has 3 heterocycles. The van der Waals surface area contributed by atoms with Gasteiger partial charge >= 0.3 is 0 Å². The van der Waals surface area contributed by atoms with Gasteiger partial charge in [-0.25, -0.2) is 9.37 Å². The van der Waals surface area contributed by atoms with Gasteiger partial charge in [0.1, 0.15) is 11.6 Å². The third-order valence-corrected chi connectivity index (χ3v) is 6.12. The van der Waals surface area contributed by atoms with E-state index >= 15 is 0 Å². The van der Waals surface area contributed by atoms with E-state index in [0.717, 1.165) is 6.42 Å². The van der Waals surface area contributed by atoms with Crippen molar-refractivity contribution in [3.8, 4) is 5.75 Å². The summed E-state index contributed by atoms with van der Waals surface area (Å²) < 4.78 is 18.4. The van der Waals surface area contributed by atoms with Gasteiger partial charge in [0.2, 0.25) is 11.7 Å². The topological polar surface area (TPSA) is 128 Å². The highest BCUT2D eigenvalue weighted by Crippen LogP contribution is 2.25. The molecule has 1 aromatic heterocycles. The molecule has 1 unspecified atom stereocenters. The second-order valence-electron chi connectivity index (χ2n) is 8.52. The minimum absolute atomic E-state index is 0.00462. The van der Waals surface area contributed by atoms with E-state index in [9.17, 15) is 23.9 Å². The molecular weight excluding hydrogens is 445 g/mol. The maximum Gasteiger partial charge on any atom is 0.293 e. The molecule has 0 radical (unpaired) electrons. The zero-order valence-corrected chi connectivity index (χ0v) is 18.8. The van der Waals surface area contributed by atoms with Gasteiger partial charge in [0.25, 0.3) is 11.5 Å². The summed E-state index contributed by atoms with van der Waals surface area (Å²) in [5.41, 5.74) is -0.535. The zero-order valence-electron chi connectivity index (χ0n) is 18.8. The van der Waals surface area contributed by atoms with Crippen molar-refractivity contribution in [2.24, 2.45) is 0 Å². The van der Waals surface area contributed by atoms with Gasteiger partial charge in [-0.1, -0.05) is 12.1 Å². The van der Waals surface area contributed by atoms with Crippen molar-refractivity contribution in [3.05, 3.63) is 57.5 Å². The number of amides is 2. The maximum absolute atomic E-state index is 13.1. The van der Waals surface area contributed by atoms with Crippen LogP contribution in [0.15, 0.2) is 29.1 Å². The van der Waals surface area contributed by atoms with Crippen molar-refractivity contribution in [2.45, 2.75) is 25.3 Å². The van der Waals surface area contributed by atoms with Crippen molar-refractivity contribution < 1.29 is 23.8 Å². The average molecular weight is 474 g/mol. The smallest absolute Gasteiger partial charge is 0.293 e. The average Bonchev–Trinajstić information content (AvgIpc) is 2.85. The summed E-state index contributed by atoms with van der Waals surface area (Å²) in [6, 6.07) is 5.60. The van der Waals surface area contributed by atoms with E-state index in [0.29, 0.717) is 57.9 Å². The normalized spacial score (nSPS) is 19.1. The van der Waals surface area contributed by atoms with E-state index in [1.807, 2.05) is 0 Å². The number of benzene rings is 1. The molecule has 3 N–H and O–H groups in total. The molecule has 0 bridgehead atoms. The quantitative estimate of drug-likeness (QED) is 0.560. The molecule has 2 fully saturated rings. The monoisotopic (exact) mass is 473 g/mol. The molecule has 2 aromatic rings. The van der Waals surface area contributed by atoms with Crippen LogP contribution < -0.4 is 10.9 Å². The van der Waals surface area contributed by atoms with Gasteiger partial charge in [-0.3, -0.25) is 19.3 Å². The predicted octanol–water partition coefficient (Wildman–Crippen LogP) is 0.583. The lowest BCUT2D eigenvalue weighted by atomic mass is 9.97.